The molecule has 0 saturated heterocycles. The molecule has 0 aromatic heterocycles. The Labute approximate surface area is 127 Å². The van der Waals surface area contributed by atoms with Gasteiger partial charge in [-0.1, -0.05) is 43.2 Å². The molecule has 1 amide bonds. The Morgan fingerprint density at radius 3 is 2.86 bits per heavy atom. The third-order valence-corrected chi connectivity index (χ3v) is 3.25. The highest BCUT2D eigenvalue weighted by atomic mass is 16.2. The minimum atomic E-state index is -0.0735. The van der Waals surface area contributed by atoms with Crippen molar-refractivity contribution in [3.63, 3.8) is 0 Å². The minimum Gasteiger partial charge on any atom is -0.395 e. The predicted molar refractivity (Wildman–Crippen MR) is 86.2 cm³/mol. The Bertz CT molecular complexity index is 526. The summed E-state index contributed by atoms with van der Waals surface area (Å²) in [6.07, 6.45) is 3.64. The van der Waals surface area contributed by atoms with E-state index in [-0.39, 0.29) is 18.6 Å². The van der Waals surface area contributed by atoms with Gasteiger partial charge in [0.05, 0.1) is 12.2 Å². The van der Waals surface area contributed by atoms with E-state index >= 15 is 0 Å². The van der Waals surface area contributed by atoms with Gasteiger partial charge in [0, 0.05) is 18.0 Å². The highest BCUT2D eigenvalue weighted by Gasteiger charge is 2.13. The summed E-state index contributed by atoms with van der Waals surface area (Å²) < 4.78 is 0. The lowest BCUT2D eigenvalue weighted by Gasteiger charge is -2.14. The number of aryl methyl sites for hydroxylation is 1. The first-order valence-corrected chi connectivity index (χ1v) is 7.59. The van der Waals surface area contributed by atoms with E-state index < -0.39 is 0 Å². The zero-order valence-electron chi connectivity index (χ0n) is 13.2. The highest BCUT2D eigenvalue weighted by molar-refractivity contribution is 5.97. The van der Waals surface area contributed by atoms with E-state index in [2.05, 4.69) is 24.1 Å². The van der Waals surface area contributed by atoms with Crippen LogP contribution in [0.2, 0.25) is 0 Å². The number of aliphatic hydroxyl groups is 1. The summed E-state index contributed by atoms with van der Waals surface area (Å²) in [6, 6.07) is 5.84. The molecule has 0 heterocycles. The molecule has 0 saturated carbocycles. The van der Waals surface area contributed by atoms with Crippen LogP contribution in [0.3, 0.4) is 0 Å². The van der Waals surface area contributed by atoms with E-state index in [1.165, 1.54) is 0 Å². The topological polar surface area (TPSA) is 49.3 Å². The Balaban J connectivity index is 2.87. The molecule has 0 bridgehead atoms. The van der Waals surface area contributed by atoms with Gasteiger partial charge in [-0.25, -0.2) is 0 Å². The monoisotopic (exact) mass is 287 g/mol. The highest BCUT2D eigenvalue weighted by Crippen LogP contribution is 2.12. The lowest BCUT2D eigenvalue weighted by molar-refractivity contribution is 0.0937. The molecule has 0 fully saturated rings. The van der Waals surface area contributed by atoms with Gasteiger partial charge in [-0.05, 0) is 32.4 Å². The van der Waals surface area contributed by atoms with Crippen LogP contribution in [0.15, 0.2) is 18.2 Å². The van der Waals surface area contributed by atoms with Crippen LogP contribution < -0.4 is 5.32 Å². The van der Waals surface area contributed by atoms with E-state index in [0.717, 1.165) is 24.8 Å². The lowest BCUT2D eigenvalue weighted by Crippen LogP contribution is -2.33. The Hall–Kier alpha value is -1.79. The molecular formula is C18H25NO2. The van der Waals surface area contributed by atoms with Gasteiger partial charge in [0.1, 0.15) is 0 Å². The number of carbonyl (C=O) groups excluding carboxylic acids is 1. The van der Waals surface area contributed by atoms with E-state index in [9.17, 15) is 4.79 Å². The van der Waals surface area contributed by atoms with E-state index in [1.54, 1.807) is 0 Å². The molecule has 0 radical (unpaired) electrons. The number of hydrogen-bond acceptors (Lipinski definition) is 2. The van der Waals surface area contributed by atoms with Gasteiger partial charge in [-0.3, -0.25) is 4.79 Å². The van der Waals surface area contributed by atoms with Crippen LogP contribution in [-0.4, -0.2) is 23.7 Å². The number of carbonyl (C=O) groups is 1. The molecule has 3 heteroatoms. The maximum absolute atomic E-state index is 12.4. The smallest absolute Gasteiger partial charge is 0.252 e. The van der Waals surface area contributed by atoms with Crippen LogP contribution in [-0.2, 0) is 0 Å². The SMILES string of the molecule is CCCCC(C)NC(=O)c1cc(C)ccc1C#CCCO. The van der Waals surface area contributed by atoms with Crippen molar-refractivity contribution in [1.82, 2.24) is 5.32 Å². The standard InChI is InChI=1S/C18H25NO2/c1-4-5-8-15(3)19-18(21)17-13-14(2)10-11-16(17)9-6-7-12-20/h10-11,13,15,20H,4-5,7-8,12H2,1-3H3,(H,19,21). The van der Waals surface area contributed by atoms with Crippen molar-refractivity contribution in [2.75, 3.05) is 6.61 Å². The molecule has 3 nitrogen and oxygen atoms in total. The van der Waals surface area contributed by atoms with Crippen LogP contribution in [0.4, 0.5) is 0 Å². The zero-order valence-corrected chi connectivity index (χ0v) is 13.2. The van der Waals surface area contributed by atoms with Crippen LogP contribution in [0.1, 0.15) is 61.0 Å². The average molecular weight is 287 g/mol. The largest absolute Gasteiger partial charge is 0.395 e. The van der Waals surface area contributed by atoms with Gasteiger partial charge in [-0.2, -0.15) is 0 Å². The molecule has 21 heavy (non-hydrogen) atoms. The normalized spacial score (nSPS) is 11.4. The first kappa shape index (κ1) is 17.3. The maximum Gasteiger partial charge on any atom is 0.252 e. The minimum absolute atomic E-state index is 0.0362. The summed E-state index contributed by atoms with van der Waals surface area (Å²) in [4.78, 5) is 12.4. The summed E-state index contributed by atoms with van der Waals surface area (Å²) in [5.41, 5.74) is 2.37. The third-order valence-electron chi connectivity index (χ3n) is 3.25. The first-order valence-electron chi connectivity index (χ1n) is 7.59. The van der Waals surface area contributed by atoms with E-state index in [1.807, 2.05) is 32.0 Å². The van der Waals surface area contributed by atoms with Crippen LogP contribution in [0.5, 0.6) is 0 Å². The second-order valence-electron chi connectivity index (χ2n) is 5.34. The number of hydrogen-bond donors (Lipinski definition) is 2. The number of amides is 1. The second kappa shape index (κ2) is 9.20. The van der Waals surface area contributed by atoms with Crippen molar-refractivity contribution in [2.45, 2.75) is 52.5 Å². The van der Waals surface area contributed by atoms with Gasteiger partial charge in [0.15, 0.2) is 0 Å². The average Bonchev–Trinajstić information content (AvgIpc) is 2.46. The molecule has 1 unspecified atom stereocenters. The first-order chi connectivity index (χ1) is 10.1. The van der Waals surface area contributed by atoms with E-state index in [0.29, 0.717) is 17.5 Å². The third kappa shape index (κ3) is 6.01. The fraction of sp³-hybridized carbons (Fsp3) is 0.500. The molecule has 0 aliphatic heterocycles. The number of rotatable bonds is 6. The number of benzene rings is 1. The Morgan fingerprint density at radius 2 is 2.19 bits per heavy atom. The van der Waals surface area contributed by atoms with Gasteiger partial charge in [0.25, 0.3) is 5.91 Å². The van der Waals surface area contributed by atoms with Crippen molar-refractivity contribution in [2.24, 2.45) is 0 Å². The van der Waals surface area contributed by atoms with Crippen molar-refractivity contribution >= 4 is 5.91 Å². The predicted octanol–water partition coefficient (Wildman–Crippen LogP) is 3.04. The summed E-state index contributed by atoms with van der Waals surface area (Å²) >= 11 is 0. The molecule has 1 aromatic rings. The summed E-state index contributed by atoms with van der Waals surface area (Å²) in [5.74, 6) is 5.77. The van der Waals surface area contributed by atoms with Gasteiger partial charge >= 0.3 is 0 Å². The van der Waals surface area contributed by atoms with Gasteiger partial charge in [0.2, 0.25) is 0 Å². The lowest BCUT2D eigenvalue weighted by atomic mass is 10.0. The van der Waals surface area contributed by atoms with Crippen molar-refractivity contribution < 1.29 is 9.90 Å². The van der Waals surface area contributed by atoms with Crippen LogP contribution >= 0.6 is 0 Å². The van der Waals surface area contributed by atoms with Crippen molar-refractivity contribution in [3.8, 4) is 11.8 Å². The quantitative estimate of drug-likeness (QED) is 0.790. The molecule has 1 aromatic carbocycles. The fourth-order valence-corrected chi connectivity index (χ4v) is 2.05. The van der Waals surface area contributed by atoms with Gasteiger partial charge in [-0.15, -0.1) is 0 Å². The molecule has 114 valence electrons. The van der Waals surface area contributed by atoms with Crippen molar-refractivity contribution in [1.29, 1.82) is 0 Å². The molecular weight excluding hydrogens is 262 g/mol. The Morgan fingerprint density at radius 1 is 1.43 bits per heavy atom. The number of unbranched alkanes of at least 4 members (excludes halogenated alkanes) is 1. The fourth-order valence-electron chi connectivity index (χ4n) is 2.05. The Kier molecular flexibility index (Phi) is 7.56. The summed E-state index contributed by atoms with van der Waals surface area (Å²) in [7, 11) is 0. The zero-order chi connectivity index (χ0) is 15.7. The maximum atomic E-state index is 12.4. The van der Waals surface area contributed by atoms with E-state index in [4.69, 9.17) is 5.11 Å². The molecule has 0 spiro atoms. The molecule has 2 N–H and O–H groups in total. The molecule has 1 rings (SSSR count). The molecule has 0 aliphatic carbocycles. The molecule has 1 atom stereocenters. The number of aliphatic hydroxyl groups excluding tert-OH is 1. The summed E-state index contributed by atoms with van der Waals surface area (Å²) in [5, 5.41) is 11.8. The van der Waals surface area contributed by atoms with Crippen LogP contribution in [0, 0.1) is 18.8 Å². The van der Waals surface area contributed by atoms with Crippen LogP contribution in [0.25, 0.3) is 0 Å². The molecule has 0 aliphatic rings. The van der Waals surface area contributed by atoms with Crippen molar-refractivity contribution in [3.05, 3.63) is 34.9 Å². The summed E-state index contributed by atoms with van der Waals surface area (Å²) in [6.45, 7) is 6.17. The number of nitrogens with one attached hydrogen (secondary N) is 1. The second-order valence-corrected chi connectivity index (χ2v) is 5.34. The van der Waals surface area contributed by atoms with Gasteiger partial charge < -0.3 is 10.4 Å².